The molecule has 30 heavy (non-hydrogen) atoms. The van der Waals surface area contributed by atoms with Crippen LogP contribution in [0.3, 0.4) is 0 Å². The van der Waals surface area contributed by atoms with E-state index in [4.69, 9.17) is 0 Å². The molecule has 0 radical (unpaired) electrons. The smallest absolute Gasteiger partial charge is 0.321 e. The van der Waals surface area contributed by atoms with Crippen LogP contribution in [0.1, 0.15) is 18.4 Å². The Labute approximate surface area is 179 Å². The number of amides is 2. The first kappa shape index (κ1) is 19.6. The number of benzene rings is 2. The van der Waals surface area contributed by atoms with Gasteiger partial charge in [-0.15, -0.1) is 0 Å². The minimum Gasteiger partial charge on any atom is -0.324 e. The number of anilines is 1. The second-order valence-electron chi connectivity index (χ2n) is 9.17. The molecule has 0 bridgehead atoms. The van der Waals surface area contributed by atoms with E-state index in [1.807, 2.05) is 35.2 Å². The number of nitrogens with one attached hydrogen (secondary N) is 1. The molecule has 0 spiro atoms. The number of hydrogen-bond acceptors (Lipinski definition) is 3. The summed E-state index contributed by atoms with van der Waals surface area (Å²) in [5, 5.41) is 3.04. The molecule has 2 aromatic rings. The Kier molecular flexibility index (Phi) is 5.73. The lowest BCUT2D eigenvalue weighted by molar-refractivity contribution is 0.114. The molecule has 0 unspecified atom stereocenters. The topological polar surface area (TPSA) is 38.8 Å². The second-order valence-corrected chi connectivity index (χ2v) is 9.17. The molecule has 158 valence electrons. The van der Waals surface area contributed by atoms with E-state index in [2.05, 4.69) is 45.4 Å². The van der Waals surface area contributed by atoms with Gasteiger partial charge >= 0.3 is 6.03 Å². The molecule has 3 fully saturated rings. The number of likely N-dealkylation sites (tertiary alicyclic amines) is 3. The molecule has 0 saturated carbocycles. The van der Waals surface area contributed by atoms with Gasteiger partial charge in [-0.25, -0.2) is 4.79 Å². The van der Waals surface area contributed by atoms with E-state index < -0.39 is 0 Å². The highest BCUT2D eigenvalue weighted by atomic mass is 16.2. The van der Waals surface area contributed by atoms with E-state index in [9.17, 15) is 4.79 Å². The van der Waals surface area contributed by atoms with Crippen molar-refractivity contribution in [1.82, 2.24) is 14.7 Å². The summed E-state index contributed by atoms with van der Waals surface area (Å²) in [6, 6.07) is 21.4. The molecule has 3 heterocycles. The molecular formula is C25H32N4O. The number of carbonyl (C=O) groups is 1. The summed E-state index contributed by atoms with van der Waals surface area (Å²) >= 11 is 0. The van der Waals surface area contributed by atoms with Crippen LogP contribution in [0.4, 0.5) is 10.5 Å². The Morgan fingerprint density at radius 1 is 0.833 bits per heavy atom. The third kappa shape index (κ3) is 4.37. The van der Waals surface area contributed by atoms with Crippen molar-refractivity contribution >= 4 is 11.7 Å². The van der Waals surface area contributed by atoms with E-state index in [1.165, 1.54) is 31.5 Å². The number of nitrogens with zero attached hydrogens (tertiary/aromatic N) is 3. The molecule has 5 rings (SSSR count). The maximum atomic E-state index is 12.6. The summed E-state index contributed by atoms with van der Waals surface area (Å²) < 4.78 is 0. The van der Waals surface area contributed by atoms with Crippen LogP contribution < -0.4 is 5.32 Å². The van der Waals surface area contributed by atoms with Gasteiger partial charge < -0.3 is 10.2 Å². The van der Waals surface area contributed by atoms with Crippen molar-refractivity contribution in [2.24, 2.45) is 11.8 Å². The number of fused-ring (bicyclic) bond motifs is 1. The number of hydrogen-bond donors (Lipinski definition) is 1. The Hall–Kier alpha value is -2.37. The maximum absolute atomic E-state index is 12.6. The van der Waals surface area contributed by atoms with Crippen LogP contribution in [0, 0.1) is 11.8 Å². The first-order valence-electron chi connectivity index (χ1n) is 11.4. The van der Waals surface area contributed by atoms with Crippen LogP contribution in [0.15, 0.2) is 60.7 Å². The monoisotopic (exact) mass is 404 g/mol. The highest BCUT2D eigenvalue weighted by molar-refractivity contribution is 5.89. The molecule has 2 amide bonds. The van der Waals surface area contributed by atoms with Crippen LogP contribution in [0.5, 0.6) is 0 Å². The number of urea groups is 1. The molecule has 2 atom stereocenters. The third-order valence-corrected chi connectivity index (χ3v) is 7.15. The summed E-state index contributed by atoms with van der Waals surface area (Å²) in [5.74, 6) is 1.27. The molecular weight excluding hydrogens is 372 g/mol. The Balaban J connectivity index is 1.08. The Bertz CT molecular complexity index is 821. The minimum absolute atomic E-state index is 0.0522. The van der Waals surface area contributed by atoms with E-state index in [1.54, 1.807) is 0 Å². The number of piperidine rings is 1. The molecule has 0 aliphatic carbocycles. The molecule has 3 saturated heterocycles. The van der Waals surface area contributed by atoms with Gasteiger partial charge in [0, 0.05) is 44.5 Å². The predicted molar refractivity (Wildman–Crippen MR) is 120 cm³/mol. The van der Waals surface area contributed by atoms with Crippen molar-refractivity contribution in [3.05, 3.63) is 66.2 Å². The van der Waals surface area contributed by atoms with E-state index in [0.29, 0.717) is 17.9 Å². The molecule has 0 aromatic heterocycles. The molecule has 2 aromatic carbocycles. The molecule has 5 heteroatoms. The van der Waals surface area contributed by atoms with Gasteiger partial charge in [0.25, 0.3) is 0 Å². The Morgan fingerprint density at radius 2 is 1.43 bits per heavy atom. The van der Waals surface area contributed by atoms with Gasteiger partial charge in [-0.2, -0.15) is 0 Å². The number of para-hydroxylation sites is 1. The van der Waals surface area contributed by atoms with Crippen LogP contribution in [-0.4, -0.2) is 66.0 Å². The fourth-order valence-corrected chi connectivity index (χ4v) is 5.50. The highest BCUT2D eigenvalue weighted by Gasteiger charge is 2.43. The van der Waals surface area contributed by atoms with E-state index in [0.717, 1.165) is 38.4 Å². The van der Waals surface area contributed by atoms with Crippen molar-refractivity contribution in [1.29, 1.82) is 0 Å². The van der Waals surface area contributed by atoms with Crippen molar-refractivity contribution in [3.8, 4) is 0 Å². The molecule has 5 nitrogen and oxygen atoms in total. The first-order valence-corrected chi connectivity index (χ1v) is 11.4. The van der Waals surface area contributed by atoms with Crippen molar-refractivity contribution in [2.75, 3.05) is 44.6 Å². The molecule has 3 aliphatic rings. The summed E-state index contributed by atoms with van der Waals surface area (Å²) in [6.07, 6.45) is 2.54. The van der Waals surface area contributed by atoms with Crippen LogP contribution in [-0.2, 0) is 6.54 Å². The lowest BCUT2D eigenvalue weighted by Crippen LogP contribution is -2.45. The van der Waals surface area contributed by atoms with Crippen molar-refractivity contribution in [3.63, 3.8) is 0 Å². The van der Waals surface area contributed by atoms with Gasteiger partial charge in [0.05, 0.1) is 0 Å². The van der Waals surface area contributed by atoms with Gasteiger partial charge in [0.1, 0.15) is 0 Å². The second kappa shape index (κ2) is 8.78. The number of rotatable bonds is 4. The largest absolute Gasteiger partial charge is 0.324 e. The van der Waals surface area contributed by atoms with Gasteiger partial charge in [-0.3, -0.25) is 9.80 Å². The van der Waals surface area contributed by atoms with Gasteiger partial charge in [0.15, 0.2) is 0 Å². The SMILES string of the molecule is O=C(Nc1ccccc1)N1C[C@H]2CN(C3CCN(Cc4ccccc4)CC3)C[C@@H]2C1. The quantitative estimate of drug-likeness (QED) is 0.844. The average Bonchev–Trinajstić information content (AvgIpc) is 3.35. The summed E-state index contributed by atoms with van der Waals surface area (Å²) in [6.45, 7) is 7.56. The lowest BCUT2D eigenvalue weighted by atomic mass is 10.0. The minimum atomic E-state index is 0.0522. The first-order chi connectivity index (χ1) is 14.7. The fourth-order valence-electron chi connectivity index (χ4n) is 5.50. The van der Waals surface area contributed by atoms with E-state index in [-0.39, 0.29) is 6.03 Å². The van der Waals surface area contributed by atoms with Gasteiger partial charge in [-0.1, -0.05) is 48.5 Å². The fraction of sp³-hybridized carbons (Fsp3) is 0.480. The third-order valence-electron chi connectivity index (χ3n) is 7.15. The maximum Gasteiger partial charge on any atom is 0.321 e. The lowest BCUT2D eigenvalue weighted by Gasteiger charge is -2.37. The zero-order valence-corrected chi connectivity index (χ0v) is 17.6. The Morgan fingerprint density at radius 3 is 2.07 bits per heavy atom. The van der Waals surface area contributed by atoms with Crippen LogP contribution in [0.2, 0.25) is 0 Å². The van der Waals surface area contributed by atoms with Gasteiger partial charge in [-0.05, 0) is 55.5 Å². The van der Waals surface area contributed by atoms with Crippen LogP contribution >= 0.6 is 0 Å². The normalized spacial score (nSPS) is 25.4. The van der Waals surface area contributed by atoms with Gasteiger partial charge in [0.2, 0.25) is 0 Å². The van der Waals surface area contributed by atoms with Crippen molar-refractivity contribution in [2.45, 2.75) is 25.4 Å². The summed E-state index contributed by atoms with van der Waals surface area (Å²) in [5.41, 5.74) is 2.30. The molecule has 3 aliphatic heterocycles. The van der Waals surface area contributed by atoms with Crippen molar-refractivity contribution < 1.29 is 4.79 Å². The standard InChI is InChI=1S/C25H32N4O/c30-25(26-23-9-5-2-6-10-23)29-18-21-16-28(17-22(21)19-29)24-11-13-27(14-12-24)15-20-7-3-1-4-8-20/h1-10,21-22,24H,11-19H2,(H,26,30)/t21-,22-/m1/s1. The zero-order valence-electron chi connectivity index (χ0n) is 17.6. The molecule has 1 N–H and O–H groups in total. The predicted octanol–water partition coefficient (Wildman–Crippen LogP) is 3.75. The summed E-state index contributed by atoms with van der Waals surface area (Å²) in [7, 11) is 0. The zero-order chi connectivity index (χ0) is 20.3. The highest BCUT2D eigenvalue weighted by Crippen LogP contribution is 2.34. The average molecular weight is 405 g/mol. The summed E-state index contributed by atoms with van der Waals surface area (Å²) in [4.78, 5) is 19.9. The van der Waals surface area contributed by atoms with Crippen LogP contribution in [0.25, 0.3) is 0 Å². The number of carbonyl (C=O) groups excluding carboxylic acids is 1. The van der Waals surface area contributed by atoms with E-state index >= 15 is 0 Å².